The van der Waals surface area contributed by atoms with Crippen LogP contribution in [0.4, 0.5) is 0 Å². The van der Waals surface area contributed by atoms with Gasteiger partial charge in [-0.15, -0.1) is 0 Å². The van der Waals surface area contributed by atoms with Crippen LogP contribution in [0, 0.1) is 0 Å². The van der Waals surface area contributed by atoms with E-state index in [0.29, 0.717) is 39.0 Å². The molecule has 0 saturated carbocycles. The normalized spacial score (nSPS) is 15.1. The predicted molar refractivity (Wildman–Crippen MR) is 92.5 cm³/mol. The van der Waals surface area contributed by atoms with Gasteiger partial charge in [0.1, 0.15) is 0 Å². The van der Waals surface area contributed by atoms with E-state index in [0.717, 1.165) is 23.0 Å². The summed E-state index contributed by atoms with van der Waals surface area (Å²) >= 11 is 0. The number of rotatable bonds is 4. The summed E-state index contributed by atoms with van der Waals surface area (Å²) in [5, 5.41) is 0. The Hall–Kier alpha value is -2.37. The standard InChI is InChI=1S/C18H24N4O2/c1-3-4-17(23)21-7-9-22(10-8-21)18(24)12-14-5-6-16-15(11-14)19-13-20(16)2/h5-6,11,13H,3-4,7-10,12H2,1-2H3. The molecule has 1 aliphatic heterocycles. The zero-order valence-electron chi connectivity index (χ0n) is 14.4. The van der Waals surface area contributed by atoms with Gasteiger partial charge in [0.2, 0.25) is 11.8 Å². The van der Waals surface area contributed by atoms with Crippen molar-refractivity contribution in [2.45, 2.75) is 26.2 Å². The lowest BCUT2D eigenvalue weighted by Gasteiger charge is -2.35. The van der Waals surface area contributed by atoms with Crippen molar-refractivity contribution in [1.82, 2.24) is 19.4 Å². The smallest absolute Gasteiger partial charge is 0.227 e. The Morgan fingerprint density at radius 2 is 1.75 bits per heavy atom. The number of imidazole rings is 1. The summed E-state index contributed by atoms with van der Waals surface area (Å²) in [6.07, 6.45) is 3.63. The SMILES string of the molecule is CCCC(=O)N1CCN(C(=O)Cc2ccc3c(c2)ncn3C)CC1. The quantitative estimate of drug-likeness (QED) is 0.856. The van der Waals surface area contributed by atoms with Crippen LogP contribution in [0.2, 0.25) is 0 Å². The van der Waals surface area contributed by atoms with Crippen LogP contribution < -0.4 is 0 Å². The van der Waals surface area contributed by atoms with E-state index in [1.54, 1.807) is 6.33 Å². The maximum absolute atomic E-state index is 12.5. The number of carbonyl (C=O) groups is 2. The lowest BCUT2D eigenvalue weighted by Crippen LogP contribution is -2.50. The van der Waals surface area contributed by atoms with Crippen LogP contribution in [0.15, 0.2) is 24.5 Å². The highest BCUT2D eigenvalue weighted by Crippen LogP contribution is 2.15. The van der Waals surface area contributed by atoms with E-state index < -0.39 is 0 Å². The molecular weight excluding hydrogens is 304 g/mol. The Morgan fingerprint density at radius 1 is 1.08 bits per heavy atom. The molecule has 0 N–H and O–H groups in total. The van der Waals surface area contributed by atoms with Crippen LogP contribution in [0.25, 0.3) is 11.0 Å². The lowest BCUT2D eigenvalue weighted by molar-refractivity contribution is -0.139. The number of fused-ring (bicyclic) bond motifs is 1. The number of hydrogen-bond acceptors (Lipinski definition) is 3. The second-order valence-corrected chi connectivity index (χ2v) is 6.37. The average Bonchev–Trinajstić information content (AvgIpc) is 2.96. The number of hydrogen-bond donors (Lipinski definition) is 0. The number of piperazine rings is 1. The molecule has 0 bridgehead atoms. The van der Waals surface area contributed by atoms with Crippen molar-refractivity contribution < 1.29 is 9.59 Å². The van der Waals surface area contributed by atoms with Gasteiger partial charge in [0, 0.05) is 39.6 Å². The summed E-state index contributed by atoms with van der Waals surface area (Å²) in [4.78, 5) is 32.5. The van der Waals surface area contributed by atoms with Gasteiger partial charge in [-0.1, -0.05) is 13.0 Å². The van der Waals surface area contributed by atoms with Gasteiger partial charge >= 0.3 is 0 Å². The highest BCUT2D eigenvalue weighted by Gasteiger charge is 2.23. The van der Waals surface area contributed by atoms with Gasteiger partial charge in [-0.05, 0) is 24.1 Å². The molecule has 2 heterocycles. The average molecular weight is 328 g/mol. The molecule has 1 fully saturated rings. The molecule has 0 atom stereocenters. The number of nitrogens with zero attached hydrogens (tertiary/aromatic N) is 4. The molecule has 2 aromatic rings. The first-order valence-corrected chi connectivity index (χ1v) is 8.54. The molecule has 0 radical (unpaired) electrons. The molecule has 2 amide bonds. The summed E-state index contributed by atoms with van der Waals surface area (Å²) in [5.41, 5.74) is 2.96. The fourth-order valence-corrected chi connectivity index (χ4v) is 3.16. The van der Waals surface area contributed by atoms with Crippen LogP contribution in [0.1, 0.15) is 25.3 Å². The van der Waals surface area contributed by atoms with Crippen molar-refractivity contribution in [3.05, 3.63) is 30.1 Å². The van der Waals surface area contributed by atoms with Crippen molar-refractivity contribution in [3.63, 3.8) is 0 Å². The van der Waals surface area contributed by atoms with Gasteiger partial charge in [0.25, 0.3) is 0 Å². The Morgan fingerprint density at radius 3 is 2.42 bits per heavy atom. The van der Waals surface area contributed by atoms with Crippen LogP contribution >= 0.6 is 0 Å². The van der Waals surface area contributed by atoms with Crippen LogP contribution in [-0.2, 0) is 23.1 Å². The molecule has 1 aromatic carbocycles. The van der Waals surface area contributed by atoms with Gasteiger partial charge in [0.15, 0.2) is 0 Å². The molecule has 0 spiro atoms. The third-order valence-electron chi connectivity index (χ3n) is 4.59. The highest BCUT2D eigenvalue weighted by atomic mass is 16.2. The maximum Gasteiger partial charge on any atom is 0.227 e. The summed E-state index contributed by atoms with van der Waals surface area (Å²) < 4.78 is 1.97. The summed E-state index contributed by atoms with van der Waals surface area (Å²) in [5.74, 6) is 0.318. The van der Waals surface area contributed by atoms with E-state index >= 15 is 0 Å². The monoisotopic (exact) mass is 328 g/mol. The third-order valence-corrected chi connectivity index (χ3v) is 4.59. The summed E-state index contributed by atoms with van der Waals surface area (Å²) in [6.45, 7) is 4.55. The fraction of sp³-hybridized carbons (Fsp3) is 0.500. The number of aryl methyl sites for hydroxylation is 1. The first kappa shape index (κ1) is 16.5. The number of benzene rings is 1. The minimum atomic E-state index is 0.118. The fourth-order valence-electron chi connectivity index (χ4n) is 3.16. The van der Waals surface area contributed by atoms with Gasteiger partial charge in [-0.2, -0.15) is 0 Å². The van der Waals surface area contributed by atoms with Gasteiger partial charge < -0.3 is 14.4 Å². The van der Waals surface area contributed by atoms with Crippen molar-refractivity contribution in [3.8, 4) is 0 Å². The molecule has 0 aliphatic carbocycles. The Labute approximate surface area is 142 Å². The van der Waals surface area contributed by atoms with E-state index in [9.17, 15) is 9.59 Å². The summed E-state index contributed by atoms with van der Waals surface area (Å²) in [6, 6.07) is 5.98. The zero-order valence-corrected chi connectivity index (χ0v) is 14.4. The molecule has 1 saturated heterocycles. The van der Waals surface area contributed by atoms with Crippen LogP contribution in [-0.4, -0.2) is 57.3 Å². The topological polar surface area (TPSA) is 58.4 Å². The Bertz CT molecular complexity index is 745. The number of amides is 2. The van der Waals surface area contributed by atoms with Crippen molar-refractivity contribution >= 4 is 22.8 Å². The molecule has 128 valence electrons. The van der Waals surface area contributed by atoms with E-state index in [1.807, 2.05) is 46.5 Å². The minimum absolute atomic E-state index is 0.118. The molecule has 1 aliphatic rings. The van der Waals surface area contributed by atoms with E-state index in [1.165, 1.54) is 0 Å². The summed E-state index contributed by atoms with van der Waals surface area (Å²) in [7, 11) is 1.96. The first-order chi connectivity index (χ1) is 11.6. The minimum Gasteiger partial charge on any atom is -0.339 e. The van der Waals surface area contributed by atoms with Crippen LogP contribution in [0.5, 0.6) is 0 Å². The molecule has 6 heteroatoms. The molecular formula is C18H24N4O2. The number of aromatic nitrogens is 2. The van der Waals surface area contributed by atoms with Crippen LogP contribution in [0.3, 0.4) is 0 Å². The van der Waals surface area contributed by atoms with E-state index in [-0.39, 0.29) is 11.8 Å². The molecule has 0 unspecified atom stereocenters. The van der Waals surface area contributed by atoms with Crippen molar-refractivity contribution in [1.29, 1.82) is 0 Å². The van der Waals surface area contributed by atoms with Gasteiger partial charge in [-0.25, -0.2) is 4.98 Å². The Balaban J connectivity index is 1.58. The Kier molecular flexibility index (Phi) is 4.83. The first-order valence-electron chi connectivity index (χ1n) is 8.54. The van der Waals surface area contributed by atoms with Crippen molar-refractivity contribution in [2.24, 2.45) is 7.05 Å². The van der Waals surface area contributed by atoms with E-state index in [4.69, 9.17) is 0 Å². The largest absolute Gasteiger partial charge is 0.339 e. The molecule has 6 nitrogen and oxygen atoms in total. The second-order valence-electron chi connectivity index (χ2n) is 6.37. The maximum atomic E-state index is 12.5. The lowest BCUT2D eigenvalue weighted by atomic mass is 10.1. The molecule has 1 aromatic heterocycles. The molecule has 24 heavy (non-hydrogen) atoms. The number of carbonyl (C=O) groups excluding carboxylic acids is 2. The highest BCUT2D eigenvalue weighted by molar-refractivity contribution is 5.82. The van der Waals surface area contributed by atoms with Gasteiger partial charge in [-0.3, -0.25) is 9.59 Å². The van der Waals surface area contributed by atoms with E-state index in [2.05, 4.69) is 4.98 Å². The van der Waals surface area contributed by atoms with Gasteiger partial charge in [0.05, 0.1) is 23.8 Å². The zero-order chi connectivity index (χ0) is 17.1. The van der Waals surface area contributed by atoms with Crippen molar-refractivity contribution in [2.75, 3.05) is 26.2 Å². The predicted octanol–water partition coefficient (Wildman–Crippen LogP) is 1.59. The molecule has 3 rings (SSSR count). The second kappa shape index (κ2) is 7.03. The third kappa shape index (κ3) is 3.42.